The first kappa shape index (κ1) is 46.0. The lowest BCUT2D eigenvalue weighted by Crippen LogP contribution is -2.63. The Hall–Kier alpha value is -5.05. The van der Waals surface area contributed by atoms with Crippen LogP contribution in [0, 0.1) is 5.41 Å². The summed E-state index contributed by atoms with van der Waals surface area (Å²) in [5.41, 5.74) is 5.73. The molecule has 6 atom stereocenters. The van der Waals surface area contributed by atoms with Crippen molar-refractivity contribution >= 4 is 64.8 Å². The fourth-order valence-corrected chi connectivity index (χ4v) is 8.45. The summed E-state index contributed by atoms with van der Waals surface area (Å²) < 4.78 is 46.4. The molecule has 63 heavy (non-hydrogen) atoms. The standard InChI is InChI=1S/C48H44Cl3NO10S/c1-2-26-55-47(54)61-42-41(56-27-31-16-6-3-7-17-31)39(29-58-46(53)57-28-38-36-24-14-12-22-34(36)35-23-13-15-25-37(35)38)60-44(62-45(52)48(49,50)51)43(42)59-40(32-18-8-4-9-19-32)30-63-33-20-10-5-11-21-33/h2-25,38-44,52H,1,26-30H2/t39?,40-,41?,42?,43?,44?/m1/s1. The third kappa shape index (κ3) is 12.2. The molecule has 5 aromatic rings. The van der Waals surface area contributed by atoms with Crippen molar-refractivity contribution in [3.63, 3.8) is 0 Å². The van der Waals surface area contributed by atoms with Crippen molar-refractivity contribution in [3.8, 4) is 11.1 Å². The van der Waals surface area contributed by atoms with E-state index in [1.165, 1.54) is 17.8 Å². The Morgan fingerprint density at radius 1 is 0.714 bits per heavy atom. The van der Waals surface area contributed by atoms with Crippen LogP contribution in [0.15, 0.2) is 157 Å². The first-order valence-corrected chi connectivity index (χ1v) is 22.1. The van der Waals surface area contributed by atoms with Crippen LogP contribution in [0.25, 0.3) is 11.1 Å². The van der Waals surface area contributed by atoms with Crippen LogP contribution in [-0.2, 0) is 44.5 Å². The second-order valence-electron chi connectivity index (χ2n) is 14.4. The lowest BCUT2D eigenvalue weighted by molar-refractivity contribution is -0.307. The summed E-state index contributed by atoms with van der Waals surface area (Å²) in [7, 11) is 0. The molecule has 15 heteroatoms. The largest absolute Gasteiger partial charge is 0.509 e. The predicted octanol–water partition coefficient (Wildman–Crippen LogP) is 11.3. The van der Waals surface area contributed by atoms with Gasteiger partial charge in [-0.1, -0.05) is 175 Å². The minimum atomic E-state index is -2.33. The number of hydrogen-bond donors (Lipinski definition) is 1. The van der Waals surface area contributed by atoms with Gasteiger partial charge in [-0.3, -0.25) is 5.41 Å². The van der Waals surface area contributed by atoms with E-state index in [2.05, 4.69) is 6.58 Å². The van der Waals surface area contributed by atoms with Gasteiger partial charge in [0.05, 0.1) is 12.7 Å². The molecule has 7 rings (SSSR count). The van der Waals surface area contributed by atoms with Crippen molar-refractivity contribution in [2.24, 2.45) is 0 Å². The monoisotopic (exact) mass is 931 g/mol. The highest BCUT2D eigenvalue weighted by atomic mass is 35.6. The Kier molecular flexibility index (Phi) is 16.1. The Balaban J connectivity index is 1.20. The summed E-state index contributed by atoms with van der Waals surface area (Å²) in [4.78, 5) is 27.9. The molecule has 1 heterocycles. The van der Waals surface area contributed by atoms with E-state index in [1.54, 1.807) is 0 Å². The molecule has 0 bridgehead atoms. The summed E-state index contributed by atoms with van der Waals surface area (Å²) >= 11 is 19.9. The minimum Gasteiger partial charge on any atom is -0.445 e. The molecule has 328 valence electrons. The maximum absolute atomic E-state index is 13.5. The van der Waals surface area contributed by atoms with Crippen LogP contribution in [-0.4, -0.2) is 78.3 Å². The zero-order valence-corrected chi connectivity index (χ0v) is 36.8. The summed E-state index contributed by atoms with van der Waals surface area (Å²) in [5, 5.41) is 8.59. The van der Waals surface area contributed by atoms with Gasteiger partial charge in [-0.05, 0) is 45.5 Å². The molecule has 0 spiro atoms. The van der Waals surface area contributed by atoms with E-state index in [4.69, 9.17) is 78.1 Å². The number of benzene rings is 5. The van der Waals surface area contributed by atoms with Gasteiger partial charge >= 0.3 is 12.3 Å². The second-order valence-corrected chi connectivity index (χ2v) is 17.8. The summed E-state index contributed by atoms with van der Waals surface area (Å²) in [6.07, 6.45) is -8.24. The number of thioether (sulfide) groups is 1. The van der Waals surface area contributed by atoms with Crippen LogP contribution in [0.5, 0.6) is 0 Å². The molecule has 0 aromatic heterocycles. The average Bonchev–Trinajstić information content (AvgIpc) is 3.62. The molecular weight excluding hydrogens is 889 g/mol. The molecule has 1 aliphatic heterocycles. The van der Waals surface area contributed by atoms with E-state index in [-0.39, 0.29) is 25.7 Å². The molecule has 1 saturated heterocycles. The molecular formula is C48H44Cl3NO10S. The Morgan fingerprint density at radius 3 is 1.94 bits per heavy atom. The predicted molar refractivity (Wildman–Crippen MR) is 241 cm³/mol. The summed E-state index contributed by atoms with van der Waals surface area (Å²) in [6.45, 7) is 2.97. The number of nitrogens with one attached hydrogen (secondary N) is 1. The number of ether oxygens (including phenoxy) is 8. The molecule has 5 unspecified atom stereocenters. The van der Waals surface area contributed by atoms with Gasteiger partial charge < -0.3 is 37.9 Å². The van der Waals surface area contributed by atoms with Crippen molar-refractivity contribution in [1.29, 1.82) is 5.41 Å². The van der Waals surface area contributed by atoms with E-state index in [1.807, 2.05) is 140 Å². The van der Waals surface area contributed by atoms with Crippen LogP contribution >= 0.6 is 46.6 Å². The van der Waals surface area contributed by atoms with Crippen LogP contribution in [0.3, 0.4) is 0 Å². The highest BCUT2D eigenvalue weighted by Crippen LogP contribution is 2.45. The number of carbonyl (C=O) groups is 2. The summed E-state index contributed by atoms with van der Waals surface area (Å²) in [6, 6.07) is 44.3. The SMILES string of the molecule is C=CCOC(=O)OC1C(OCc2ccccc2)C(COC(=O)OCC2c3ccccc3-c3ccccc32)OC(OC(=N)C(Cl)(Cl)Cl)C1O[C@H](CSc1ccccc1)c1ccccc1. The van der Waals surface area contributed by atoms with Crippen molar-refractivity contribution < 1.29 is 47.5 Å². The van der Waals surface area contributed by atoms with Gasteiger partial charge in [0.15, 0.2) is 12.2 Å². The van der Waals surface area contributed by atoms with Crippen molar-refractivity contribution in [1.82, 2.24) is 0 Å². The third-order valence-corrected chi connectivity index (χ3v) is 11.8. The van der Waals surface area contributed by atoms with Gasteiger partial charge in [0.25, 0.3) is 3.79 Å². The van der Waals surface area contributed by atoms with Crippen LogP contribution in [0.2, 0.25) is 0 Å². The first-order chi connectivity index (χ1) is 30.6. The molecule has 11 nitrogen and oxygen atoms in total. The van der Waals surface area contributed by atoms with Crippen LogP contribution in [0.4, 0.5) is 9.59 Å². The van der Waals surface area contributed by atoms with Gasteiger partial charge in [-0.15, -0.1) is 11.8 Å². The summed E-state index contributed by atoms with van der Waals surface area (Å²) in [5.74, 6) is -0.663. The topological polar surface area (TPSA) is 132 Å². The first-order valence-electron chi connectivity index (χ1n) is 20.0. The van der Waals surface area contributed by atoms with Crippen molar-refractivity contribution in [2.45, 2.75) is 58.0 Å². The maximum atomic E-state index is 13.5. The van der Waals surface area contributed by atoms with E-state index in [0.717, 1.165) is 38.3 Å². The van der Waals surface area contributed by atoms with E-state index in [9.17, 15) is 9.59 Å². The number of alkyl halides is 3. The number of fused-ring (bicyclic) bond motifs is 3. The van der Waals surface area contributed by atoms with Crippen molar-refractivity contribution in [3.05, 3.63) is 174 Å². The lowest BCUT2D eigenvalue weighted by atomic mass is 9.97. The highest BCUT2D eigenvalue weighted by molar-refractivity contribution is 7.99. The normalized spacial score (nSPS) is 19.8. The van der Waals surface area contributed by atoms with E-state index < -0.39 is 65.4 Å². The molecule has 1 fully saturated rings. The van der Waals surface area contributed by atoms with Gasteiger partial charge in [0.2, 0.25) is 12.2 Å². The quantitative estimate of drug-likeness (QED) is 0.0239. The fourth-order valence-electron chi connectivity index (χ4n) is 7.35. The lowest BCUT2D eigenvalue weighted by Gasteiger charge is -2.45. The Bertz CT molecular complexity index is 2260. The van der Waals surface area contributed by atoms with Gasteiger partial charge in [0, 0.05) is 16.6 Å². The number of hydrogen-bond acceptors (Lipinski definition) is 12. The molecule has 0 saturated carbocycles. The number of carbonyl (C=O) groups excluding carboxylic acids is 2. The van der Waals surface area contributed by atoms with Crippen LogP contribution < -0.4 is 0 Å². The highest BCUT2D eigenvalue weighted by Gasteiger charge is 2.53. The number of rotatable bonds is 17. The Morgan fingerprint density at radius 2 is 1.30 bits per heavy atom. The fraction of sp³-hybridized carbons (Fsp3) is 0.271. The second kappa shape index (κ2) is 22.0. The maximum Gasteiger partial charge on any atom is 0.509 e. The van der Waals surface area contributed by atoms with Crippen LogP contribution in [0.1, 0.15) is 34.3 Å². The molecule has 5 aromatic carbocycles. The molecule has 2 aliphatic rings. The zero-order valence-electron chi connectivity index (χ0n) is 33.8. The van der Waals surface area contributed by atoms with Gasteiger partial charge in [0.1, 0.15) is 32.0 Å². The third-order valence-electron chi connectivity index (χ3n) is 10.3. The smallest absolute Gasteiger partial charge is 0.445 e. The van der Waals surface area contributed by atoms with E-state index >= 15 is 0 Å². The average molecular weight is 933 g/mol. The zero-order chi connectivity index (χ0) is 44.2. The van der Waals surface area contributed by atoms with Gasteiger partial charge in [-0.2, -0.15) is 0 Å². The minimum absolute atomic E-state index is 0.00285. The van der Waals surface area contributed by atoms with Crippen molar-refractivity contribution in [2.75, 3.05) is 25.6 Å². The number of halogens is 3. The van der Waals surface area contributed by atoms with Gasteiger partial charge in [-0.25, -0.2) is 9.59 Å². The molecule has 0 radical (unpaired) electrons. The molecule has 1 N–H and O–H groups in total. The Labute approximate surface area is 384 Å². The van der Waals surface area contributed by atoms with E-state index in [0.29, 0.717) is 5.75 Å². The molecule has 0 amide bonds. The molecule has 1 aliphatic carbocycles.